The molecule has 3 aromatic carbocycles. The zero-order valence-electron chi connectivity index (χ0n) is 49.4. The number of carbonyl (C=O) groups is 2. The highest BCUT2D eigenvalue weighted by molar-refractivity contribution is 14.1. The van der Waals surface area contributed by atoms with Gasteiger partial charge in [0.15, 0.2) is 11.6 Å². The summed E-state index contributed by atoms with van der Waals surface area (Å²) in [6.45, 7) is 16.1. The Kier molecular flexibility index (Phi) is 19.8. The number of pyridine rings is 2. The number of furan rings is 3. The van der Waals surface area contributed by atoms with Crippen LogP contribution in [-0.2, 0) is 28.2 Å². The van der Waals surface area contributed by atoms with Crippen LogP contribution in [0.25, 0.3) is 45.1 Å². The highest BCUT2D eigenvalue weighted by atomic mass is 127. The van der Waals surface area contributed by atoms with Crippen molar-refractivity contribution < 1.29 is 59.0 Å². The van der Waals surface area contributed by atoms with Gasteiger partial charge in [0, 0.05) is 31.4 Å². The third-order valence-electron chi connectivity index (χ3n) is 15.8. The van der Waals surface area contributed by atoms with E-state index in [-0.39, 0.29) is 48.2 Å². The maximum absolute atomic E-state index is 14.5. The Hall–Kier alpha value is -6.32. The highest BCUT2D eigenvalue weighted by Crippen LogP contribution is 2.40. The van der Waals surface area contributed by atoms with Crippen molar-refractivity contribution in [2.24, 2.45) is 11.8 Å². The third kappa shape index (κ3) is 15.2. The average Bonchev–Trinajstić information content (AvgIpc) is 1.78. The number of hydrogen-bond acceptors (Lipinski definition) is 11. The summed E-state index contributed by atoms with van der Waals surface area (Å²) in [5, 5.41) is 5.31. The van der Waals surface area contributed by atoms with Crippen LogP contribution in [0.5, 0.6) is 0 Å². The molecule has 25 heteroatoms. The minimum absolute atomic E-state index is 0.176. The first-order valence-electron chi connectivity index (χ1n) is 28.2. The summed E-state index contributed by atoms with van der Waals surface area (Å²) in [5.41, 5.74) is 4.34. The molecule has 462 valence electrons. The Balaban J connectivity index is 0.000000130. The van der Waals surface area contributed by atoms with Gasteiger partial charge in [0.05, 0.1) is 74.6 Å². The fourth-order valence-corrected chi connectivity index (χ4v) is 11.3. The summed E-state index contributed by atoms with van der Waals surface area (Å²) in [6, 6.07) is 34.0. The molecule has 14 rings (SSSR count). The third-order valence-corrected chi connectivity index (χ3v) is 19.6. The number of anilines is 2. The molecule has 4 fully saturated rings. The number of hydrogen-bond donors (Lipinski definition) is 2. The molecule has 0 spiro atoms. The number of rotatable bonds is 9. The summed E-state index contributed by atoms with van der Waals surface area (Å²) in [4.78, 5) is 32.4. The number of fused-ring (bicyclic) bond motifs is 2. The van der Waals surface area contributed by atoms with Crippen molar-refractivity contribution in [3.05, 3.63) is 187 Å². The van der Waals surface area contributed by atoms with Crippen LogP contribution in [0.3, 0.4) is 0 Å². The van der Waals surface area contributed by atoms with E-state index in [4.69, 9.17) is 31.9 Å². The van der Waals surface area contributed by atoms with Crippen LogP contribution in [0.2, 0.25) is 0 Å². The molecule has 4 aliphatic rings. The van der Waals surface area contributed by atoms with E-state index in [0.29, 0.717) is 49.8 Å². The number of aromatic nitrogens is 4. The van der Waals surface area contributed by atoms with Crippen LogP contribution >= 0.6 is 70.4 Å². The summed E-state index contributed by atoms with van der Waals surface area (Å²) >= 11 is 12.1. The molecule has 2 amide bonds. The van der Waals surface area contributed by atoms with Gasteiger partial charge in [0.25, 0.3) is 0 Å². The van der Waals surface area contributed by atoms with Crippen molar-refractivity contribution in [2.45, 2.75) is 103 Å². The number of carbonyl (C=O) groups excluding carboxylic acids is 2. The summed E-state index contributed by atoms with van der Waals surface area (Å²) < 4.78 is 99.8. The van der Waals surface area contributed by atoms with Gasteiger partial charge in [-0.2, -0.15) is 0 Å². The van der Waals surface area contributed by atoms with Gasteiger partial charge in [-0.25, -0.2) is 27.5 Å². The van der Waals surface area contributed by atoms with Gasteiger partial charge in [-0.05, 0) is 240 Å². The van der Waals surface area contributed by atoms with Crippen molar-refractivity contribution >= 4 is 130 Å². The SMILES string of the molecule is Brc1cccc(Br)c1-c1ccco1.CC1(C)OB(c2ccc3nc(NC(=O)[C@@H]4C[C@@H]4F)cn3c2)OC1(C)C.CC1(C)OB(c2ccco2)OC1(C)C.Fc1cccc(Br)c1I.O=C(Nc1cn2cc(-c3cccc(F)c3-c3ccco3)ccc2n1)[C@@H]1C[C@@H]1F. The van der Waals surface area contributed by atoms with E-state index >= 15 is 0 Å². The summed E-state index contributed by atoms with van der Waals surface area (Å²) in [5.74, 6) is -0.281. The highest BCUT2D eigenvalue weighted by Gasteiger charge is 2.54. The lowest BCUT2D eigenvalue weighted by Crippen LogP contribution is -2.41. The quantitative estimate of drug-likeness (QED) is 0.0610. The van der Waals surface area contributed by atoms with Crippen LogP contribution in [0, 0.1) is 27.0 Å². The van der Waals surface area contributed by atoms with Crippen LogP contribution < -0.4 is 21.8 Å². The Morgan fingerprint density at radius 3 is 1.47 bits per heavy atom. The molecule has 0 radical (unpaired) electrons. The van der Waals surface area contributed by atoms with Gasteiger partial charge in [-0.3, -0.25) is 9.59 Å². The molecule has 2 N–H and O–H groups in total. The molecular weight excluding hydrogens is 1460 g/mol. The van der Waals surface area contributed by atoms with E-state index in [0.717, 1.165) is 41.4 Å². The fraction of sp³-hybridized carbons (Fsp3) is 0.281. The Morgan fingerprint density at radius 2 is 0.989 bits per heavy atom. The molecule has 0 bridgehead atoms. The van der Waals surface area contributed by atoms with Gasteiger partial charge in [-0.1, -0.05) is 30.3 Å². The van der Waals surface area contributed by atoms with Crippen LogP contribution in [0.1, 0.15) is 68.2 Å². The first kappa shape index (κ1) is 65.6. The number of halogens is 8. The number of imidazole rings is 2. The summed E-state index contributed by atoms with van der Waals surface area (Å²) in [6.07, 6.45) is 10.3. The molecule has 0 unspecified atom stereocenters. The van der Waals surface area contributed by atoms with E-state index in [1.54, 1.807) is 70.3 Å². The molecule has 9 heterocycles. The number of nitrogens with zero attached hydrogens (tertiary/aromatic N) is 4. The smallest absolute Gasteiger partial charge is 0.473 e. The van der Waals surface area contributed by atoms with E-state index in [9.17, 15) is 27.2 Å². The molecule has 2 aliphatic carbocycles. The van der Waals surface area contributed by atoms with Crippen molar-refractivity contribution in [1.82, 2.24) is 18.8 Å². The van der Waals surface area contributed by atoms with Crippen LogP contribution in [0.4, 0.5) is 29.2 Å². The van der Waals surface area contributed by atoms with Gasteiger partial charge >= 0.3 is 14.2 Å². The Bertz CT molecular complexity index is 4060. The monoisotopic (exact) mass is 1520 g/mol. The maximum Gasteiger partial charge on any atom is 0.532 e. The molecule has 2 saturated heterocycles. The molecule has 10 aromatic rings. The van der Waals surface area contributed by atoms with E-state index in [1.807, 2.05) is 157 Å². The van der Waals surface area contributed by atoms with E-state index in [2.05, 4.69) is 68.4 Å². The van der Waals surface area contributed by atoms with Crippen molar-refractivity contribution in [2.75, 3.05) is 10.6 Å². The second-order valence-electron chi connectivity index (χ2n) is 23.3. The van der Waals surface area contributed by atoms with Crippen molar-refractivity contribution in [1.29, 1.82) is 0 Å². The number of benzene rings is 3. The Labute approximate surface area is 550 Å². The molecule has 2 saturated carbocycles. The largest absolute Gasteiger partial charge is 0.532 e. The second-order valence-corrected chi connectivity index (χ2v) is 26.9. The minimum Gasteiger partial charge on any atom is -0.473 e. The first-order valence-corrected chi connectivity index (χ1v) is 31.7. The van der Waals surface area contributed by atoms with Crippen LogP contribution in [-0.4, -0.2) is 79.6 Å². The maximum atomic E-state index is 14.5. The molecule has 7 aromatic heterocycles. The molecule has 89 heavy (non-hydrogen) atoms. The number of alkyl halides is 2. The molecule has 2 aliphatic heterocycles. The normalized spacial score (nSPS) is 19.6. The predicted octanol–water partition coefficient (Wildman–Crippen LogP) is 15.9. The van der Waals surface area contributed by atoms with Gasteiger partial charge in [0.2, 0.25) is 11.8 Å². The lowest BCUT2D eigenvalue weighted by Gasteiger charge is -2.32. The lowest BCUT2D eigenvalue weighted by molar-refractivity contribution is -0.118. The lowest BCUT2D eigenvalue weighted by atomic mass is 9.80. The second kappa shape index (κ2) is 26.9. The standard InChI is InChI=1S/C21H15F2N3O2.C17H21BFN3O3.C10H15BO3.C10H6Br2O.C6H3BrFI/c22-15-4-1-3-13(20(15)17-5-2-8-28-17)12-6-7-19-24-18(11-26(19)10-12)25-21(27)14-9-16(14)23;1-16(2)17(3,4)25-18(24-16)10-5-6-14-20-13(9-22(14)8-10)21-15(23)11-7-12(11)19;1-9(2)10(3,4)14-11(13-9)8-6-5-7-12-8;11-7-3-1-4-8(12)10(7)9-5-2-6-13-9;7-4-2-1-3-5(8)6(4)9/h1-8,10-11,14,16H,9H2,(H,25,27);5-6,8-9,11-12H,7H2,1-4H3,(H,21,23);5-7H,1-4H3;1-6H;1-3H/t14-,16+;11-,12+;;;/m11.../s1. The predicted molar refractivity (Wildman–Crippen MR) is 353 cm³/mol. The fourth-order valence-electron chi connectivity index (χ4n) is 9.16. The average molecular weight is 1520 g/mol. The molecule has 15 nitrogen and oxygen atoms in total. The topological polar surface area (TPSA) is 169 Å². The zero-order valence-corrected chi connectivity index (χ0v) is 56.3. The summed E-state index contributed by atoms with van der Waals surface area (Å²) in [7, 11) is -0.844. The van der Waals surface area contributed by atoms with Crippen LogP contribution in [0.15, 0.2) is 186 Å². The first-order chi connectivity index (χ1) is 42.2. The van der Waals surface area contributed by atoms with Crippen molar-refractivity contribution in [3.63, 3.8) is 0 Å². The molecule has 4 atom stereocenters. The zero-order chi connectivity index (χ0) is 63.7. The molecular formula is C64H60B2Br3F4IN6O9. The van der Waals surface area contributed by atoms with Gasteiger partial charge in [-0.15, -0.1) is 0 Å². The minimum atomic E-state index is -1.06. The van der Waals surface area contributed by atoms with Crippen molar-refractivity contribution in [3.8, 4) is 33.8 Å². The van der Waals surface area contributed by atoms with Gasteiger partial charge in [0.1, 0.15) is 52.5 Å². The van der Waals surface area contributed by atoms with E-state index in [1.165, 1.54) is 18.4 Å². The van der Waals surface area contributed by atoms with Gasteiger partial charge < -0.3 is 51.3 Å². The number of nitrogens with one attached hydrogen (secondary N) is 2. The van der Waals surface area contributed by atoms with E-state index < -0.39 is 42.5 Å². The number of amides is 2. The Morgan fingerprint density at radius 1 is 0.539 bits per heavy atom.